The highest BCUT2D eigenvalue weighted by Gasteiger charge is 2.70. The molecule has 100 heavy (non-hydrogen) atoms. The van der Waals surface area contributed by atoms with Gasteiger partial charge in [0.25, 0.3) is 0 Å². The Balaban J connectivity index is 5.17. The van der Waals surface area contributed by atoms with Gasteiger partial charge >= 0.3 is 17.9 Å². The number of rotatable bonds is 56. The maximum atomic E-state index is 17.0. The highest BCUT2D eigenvalue weighted by atomic mass is 16.6. The smallest absolute Gasteiger partial charge is 0.312 e. The van der Waals surface area contributed by atoms with Gasteiger partial charge in [-0.15, -0.1) is 0 Å². The predicted octanol–water partition coefficient (Wildman–Crippen LogP) is 19.8. The summed E-state index contributed by atoms with van der Waals surface area (Å²) >= 11 is 0. The van der Waals surface area contributed by atoms with E-state index in [0.717, 1.165) is 82.6 Å². The van der Waals surface area contributed by atoms with Crippen molar-refractivity contribution in [3.05, 3.63) is 35.4 Å². The number of aliphatic hydroxyl groups is 2. The quantitative estimate of drug-likeness (QED) is 0.0314. The lowest BCUT2D eigenvalue weighted by Gasteiger charge is -2.67. The zero-order valence-corrected chi connectivity index (χ0v) is 68.6. The molecular weight excluding hydrogens is 1250 g/mol. The third-order valence-corrected chi connectivity index (χ3v) is 28.2. The van der Waals surface area contributed by atoms with Crippen molar-refractivity contribution in [1.29, 1.82) is 10.5 Å². The molecule has 1 amide bonds. The number of amides is 1. The molecule has 578 valence electrons. The number of nitrogens with zero attached hydrogens (tertiary/aromatic N) is 2. The first kappa shape index (κ1) is 93.9. The fourth-order valence-electron chi connectivity index (χ4n) is 21.6. The third kappa shape index (κ3) is 20.3. The normalized spacial score (nSPS) is 15.5. The van der Waals surface area contributed by atoms with Gasteiger partial charge in [-0.2, -0.15) is 10.5 Å². The number of hydrogen-bond acceptors (Lipinski definition) is 14. The van der Waals surface area contributed by atoms with Crippen LogP contribution in [0.2, 0.25) is 0 Å². The van der Waals surface area contributed by atoms with E-state index >= 15 is 9.59 Å². The lowest BCUT2D eigenvalue weighted by Crippen LogP contribution is -2.63. The first-order valence-corrected chi connectivity index (χ1v) is 39.7. The molecule has 0 aliphatic rings. The Morgan fingerprint density at radius 1 is 0.510 bits per heavy atom. The van der Waals surface area contributed by atoms with Crippen LogP contribution in [-0.2, 0) is 54.0 Å². The molecule has 0 spiro atoms. The van der Waals surface area contributed by atoms with Crippen LogP contribution in [0.3, 0.4) is 0 Å². The summed E-state index contributed by atoms with van der Waals surface area (Å²) in [6, 6.07) is 13.4. The average Bonchev–Trinajstić information content (AvgIpc) is 0.697. The van der Waals surface area contributed by atoms with Gasteiger partial charge in [-0.25, -0.2) is 0 Å². The fraction of sp³-hybridized carbons (Fsp3) is 0.859. The number of esters is 3. The van der Waals surface area contributed by atoms with E-state index in [9.17, 15) is 30.3 Å². The van der Waals surface area contributed by atoms with E-state index in [1.165, 1.54) is 12.7 Å². The summed E-state index contributed by atoms with van der Waals surface area (Å²) in [5.41, 5.74) is -5.80. The number of methoxy groups -OCH3 is 1. The molecule has 0 aromatic heterocycles. The summed E-state index contributed by atoms with van der Waals surface area (Å²) in [7, 11) is 1.47. The number of carbonyl (C=O) groups is 4. The molecule has 1 rings (SSSR count). The molecule has 3 N–H and O–H groups in total. The fourth-order valence-corrected chi connectivity index (χ4v) is 21.6. The highest BCUT2D eigenvalue weighted by molar-refractivity contribution is 5.80. The molecule has 15 nitrogen and oxygen atoms in total. The molecule has 0 radical (unpaired) electrons. The van der Waals surface area contributed by atoms with Gasteiger partial charge in [0.1, 0.15) is 19.6 Å². The maximum Gasteiger partial charge on any atom is 0.312 e. The lowest BCUT2D eigenvalue weighted by atomic mass is 9.36. The van der Waals surface area contributed by atoms with Gasteiger partial charge in [0.05, 0.1) is 74.4 Å². The molecule has 5 atom stereocenters. The van der Waals surface area contributed by atoms with Crippen LogP contribution >= 0.6 is 0 Å². The van der Waals surface area contributed by atoms with E-state index in [-0.39, 0.29) is 98.7 Å². The van der Waals surface area contributed by atoms with Gasteiger partial charge in [-0.05, 0) is 235 Å². The topological polar surface area (TPSA) is 224 Å². The van der Waals surface area contributed by atoms with Crippen molar-refractivity contribution in [1.82, 2.24) is 5.32 Å². The van der Waals surface area contributed by atoms with Gasteiger partial charge in [0.15, 0.2) is 0 Å². The third-order valence-electron chi connectivity index (χ3n) is 28.2. The Kier molecular flexibility index (Phi) is 40.1. The maximum absolute atomic E-state index is 17.0. The first-order chi connectivity index (χ1) is 47.2. The number of benzene rings is 1. The number of ether oxygens (including phenoxy) is 6. The Hall–Kier alpha value is -4.12. The molecule has 0 saturated carbocycles. The second-order valence-corrected chi connectivity index (χ2v) is 31.9. The van der Waals surface area contributed by atoms with Crippen molar-refractivity contribution in [2.75, 3.05) is 73.1 Å². The molecule has 0 heterocycles. The van der Waals surface area contributed by atoms with Crippen LogP contribution in [0.25, 0.3) is 0 Å². The van der Waals surface area contributed by atoms with E-state index in [1.807, 2.05) is 26.8 Å². The molecular formula is C85H151N3O12. The average molecular weight is 1410 g/mol. The van der Waals surface area contributed by atoms with Gasteiger partial charge in [0, 0.05) is 26.4 Å². The first-order valence-electron chi connectivity index (χ1n) is 39.7. The SMILES string of the molecule is CCC(C)(CC)CC(c1ccc(CC#N)cc1)C(CC)(CC)C(CC)(CC)CC(C)(COCCNC(=O)CC#N)C(CC)(CC)C(CC)(CC)CC(C)(C(=O)OCCOCCC(C)OCCCO)C(CC)(CC)C(CC)(CC)CC(C)(C(=O)OC)C(CC)(CC)CC(C)(C)C(=O)OCCO. The zero-order valence-electron chi connectivity index (χ0n) is 68.6. The molecule has 5 unspecified atom stereocenters. The van der Waals surface area contributed by atoms with Crippen molar-refractivity contribution in [3.63, 3.8) is 0 Å². The summed E-state index contributed by atoms with van der Waals surface area (Å²) < 4.78 is 38.0. The monoisotopic (exact) mass is 1410 g/mol. The van der Waals surface area contributed by atoms with Crippen molar-refractivity contribution >= 4 is 23.8 Å². The molecule has 0 saturated heterocycles. The number of nitrogens with one attached hydrogen (secondary N) is 1. The molecule has 0 fully saturated rings. The van der Waals surface area contributed by atoms with Crippen LogP contribution in [0.4, 0.5) is 0 Å². The lowest BCUT2D eigenvalue weighted by molar-refractivity contribution is -0.217. The van der Waals surface area contributed by atoms with Crippen molar-refractivity contribution in [3.8, 4) is 12.1 Å². The largest absolute Gasteiger partial charge is 0.469 e. The second kappa shape index (κ2) is 42.7. The minimum Gasteiger partial charge on any atom is -0.469 e. The highest BCUT2D eigenvalue weighted by Crippen LogP contribution is 2.75. The Morgan fingerprint density at radius 3 is 1.47 bits per heavy atom. The van der Waals surface area contributed by atoms with Crippen molar-refractivity contribution in [2.24, 2.45) is 65.0 Å². The Labute approximate surface area is 612 Å². The minimum absolute atomic E-state index is 0.0242. The van der Waals surface area contributed by atoms with Gasteiger partial charge < -0.3 is 44.0 Å². The zero-order chi connectivity index (χ0) is 76.6. The van der Waals surface area contributed by atoms with Gasteiger partial charge in [-0.1, -0.05) is 162 Å². The molecule has 0 aliphatic heterocycles. The predicted molar refractivity (Wildman–Crippen MR) is 407 cm³/mol. The Bertz CT molecular complexity index is 2610. The summed E-state index contributed by atoms with van der Waals surface area (Å²) in [6.07, 6.45) is 16.3. The van der Waals surface area contributed by atoms with E-state index < -0.39 is 54.7 Å². The molecule has 1 aromatic rings. The molecule has 0 aliphatic carbocycles. The van der Waals surface area contributed by atoms with Crippen molar-refractivity contribution < 1.29 is 57.8 Å². The summed E-state index contributed by atoms with van der Waals surface area (Å²) in [6.45, 7) is 53.5. The molecule has 0 bridgehead atoms. The van der Waals surface area contributed by atoms with Crippen LogP contribution in [0.15, 0.2) is 24.3 Å². The minimum atomic E-state index is -1.24. The molecule has 1 aromatic carbocycles. The summed E-state index contributed by atoms with van der Waals surface area (Å²) in [4.78, 5) is 59.6. The summed E-state index contributed by atoms with van der Waals surface area (Å²) in [5, 5.41) is 41.5. The second-order valence-electron chi connectivity index (χ2n) is 31.9. The van der Waals surface area contributed by atoms with Crippen LogP contribution in [-0.4, -0.2) is 113 Å². The number of carbonyl (C=O) groups excluding carboxylic acids is 4. The number of hydrogen-bond donors (Lipinski definition) is 3. The van der Waals surface area contributed by atoms with Crippen molar-refractivity contribution in [2.45, 2.75) is 332 Å². The van der Waals surface area contributed by atoms with E-state index in [4.69, 9.17) is 28.4 Å². The summed E-state index contributed by atoms with van der Waals surface area (Å²) in [5.74, 6) is -1.27. The Morgan fingerprint density at radius 2 is 1.02 bits per heavy atom. The number of nitriles is 2. The van der Waals surface area contributed by atoms with E-state index in [0.29, 0.717) is 96.9 Å². The molecule has 15 heteroatoms. The van der Waals surface area contributed by atoms with Gasteiger partial charge in [-0.3, -0.25) is 19.2 Å². The van der Waals surface area contributed by atoms with E-state index in [2.05, 4.69) is 174 Å². The van der Waals surface area contributed by atoms with Crippen LogP contribution in [0, 0.1) is 87.6 Å². The van der Waals surface area contributed by atoms with E-state index in [1.54, 1.807) is 0 Å². The standard InChI is InChI=1S/C85H151N3O12/c1-25-75(20,26-2)60-69(68-44-42-67(43-45-68)46-49-86)83(35-11,36-12)80(29-5,30-6)62-76(21,65-97-56-51-88-70(91)47-50-87)84(37-13,38-14)81(31-7,32-8)64-78(23,73(94)100-59-58-96-55-48-66(17)98-54-41-52-89)85(39-15,40-16)82(33-9,34-10)63-77(22,72(93)95-24)79(27-3,28-4)61-74(18,19)71(92)99-57-53-90/h42-45,66,69,89-90H,25-41,46-48,51-65H2,1-24H3,(H,88,91). The van der Waals surface area contributed by atoms with Crippen LogP contribution in [0.5, 0.6) is 0 Å². The number of aliphatic hydroxyl groups excluding tert-OH is 2. The van der Waals surface area contributed by atoms with Crippen LogP contribution in [0.1, 0.15) is 330 Å². The van der Waals surface area contributed by atoms with Gasteiger partial charge in [0.2, 0.25) is 5.91 Å². The van der Waals surface area contributed by atoms with Crippen LogP contribution < -0.4 is 5.32 Å².